The lowest BCUT2D eigenvalue weighted by Crippen LogP contribution is -2.00. The van der Waals surface area contributed by atoms with Gasteiger partial charge in [-0.2, -0.15) is 0 Å². The van der Waals surface area contributed by atoms with E-state index in [1.54, 1.807) is 0 Å². The third-order valence-corrected chi connectivity index (χ3v) is 3.04. The highest BCUT2D eigenvalue weighted by atomic mass is 14.2. The molecule has 0 saturated carbocycles. The van der Waals surface area contributed by atoms with E-state index in [1.165, 1.54) is 24.0 Å². The minimum atomic E-state index is 0.541. The summed E-state index contributed by atoms with van der Waals surface area (Å²) in [5.74, 6) is 0.541. The minimum absolute atomic E-state index is 0.541. The van der Waals surface area contributed by atoms with Crippen molar-refractivity contribution in [2.75, 3.05) is 0 Å². The second-order valence-electron chi connectivity index (χ2n) is 4.36. The standard InChI is InChI=1S/C17H24/c1-4-7-12-15(11-5-2)17(6-3)16-13-9-8-10-14-16/h5,8-14,17H,4,6-7H2,1-3H3/b11-5-,15-12?. The number of rotatable bonds is 6. The molecule has 0 bridgehead atoms. The molecule has 0 aliphatic carbocycles. The van der Waals surface area contributed by atoms with Crippen LogP contribution in [0.3, 0.4) is 0 Å². The summed E-state index contributed by atoms with van der Waals surface area (Å²) in [7, 11) is 0. The lowest BCUT2D eigenvalue weighted by atomic mass is 9.88. The van der Waals surface area contributed by atoms with Crippen LogP contribution < -0.4 is 0 Å². The minimum Gasteiger partial charge on any atom is -0.0874 e. The monoisotopic (exact) mass is 228 g/mol. The molecule has 0 aliphatic heterocycles. The van der Waals surface area contributed by atoms with Crippen LogP contribution in [0.4, 0.5) is 0 Å². The maximum atomic E-state index is 2.39. The topological polar surface area (TPSA) is 0 Å². The van der Waals surface area contributed by atoms with Crippen molar-refractivity contribution in [2.24, 2.45) is 0 Å². The Kier molecular flexibility index (Phi) is 6.39. The van der Waals surface area contributed by atoms with Gasteiger partial charge < -0.3 is 0 Å². The zero-order valence-corrected chi connectivity index (χ0v) is 11.3. The summed E-state index contributed by atoms with van der Waals surface area (Å²) in [5.41, 5.74) is 2.89. The SMILES string of the molecule is C/C=C\C(=CCCC)C(CC)c1ccccc1. The van der Waals surface area contributed by atoms with E-state index in [1.807, 2.05) is 0 Å². The molecule has 0 aliphatic rings. The van der Waals surface area contributed by atoms with Gasteiger partial charge in [0.2, 0.25) is 0 Å². The van der Waals surface area contributed by atoms with E-state index in [0.717, 1.165) is 6.42 Å². The van der Waals surface area contributed by atoms with Gasteiger partial charge in [-0.15, -0.1) is 0 Å². The number of hydrogen-bond donors (Lipinski definition) is 0. The molecule has 1 aromatic carbocycles. The van der Waals surface area contributed by atoms with Crippen molar-refractivity contribution < 1.29 is 0 Å². The van der Waals surface area contributed by atoms with Crippen molar-refractivity contribution in [3.63, 3.8) is 0 Å². The Morgan fingerprint density at radius 2 is 1.88 bits per heavy atom. The molecule has 0 heteroatoms. The maximum Gasteiger partial charge on any atom is 0.00834 e. The number of benzene rings is 1. The van der Waals surface area contributed by atoms with Crippen molar-refractivity contribution in [3.8, 4) is 0 Å². The molecule has 0 saturated heterocycles. The zero-order valence-electron chi connectivity index (χ0n) is 11.3. The third kappa shape index (κ3) is 4.22. The van der Waals surface area contributed by atoms with Gasteiger partial charge in [0.25, 0.3) is 0 Å². The first-order chi connectivity index (χ1) is 8.33. The molecule has 0 aromatic heterocycles. The van der Waals surface area contributed by atoms with Gasteiger partial charge in [0.15, 0.2) is 0 Å². The molecule has 0 spiro atoms. The van der Waals surface area contributed by atoms with E-state index in [2.05, 4.69) is 69.3 Å². The van der Waals surface area contributed by atoms with Gasteiger partial charge in [0.05, 0.1) is 0 Å². The molecule has 0 N–H and O–H groups in total. The van der Waals surface area contributed by atoms with Gasteiger partial charge in [-0.25, -0.2) is 0 Å². The van der Waals surface area contributed by atoms with Crippen molar-refractivity contribution in [2.45, 2.75) is 46.0 Å². The molecule has 1 atom stereocenters. The molecule has 0 radical (unpaired) electrons. The molecule has 1 rings (SSSR count). The van der Waals surface area contributed by atoms with Crippen LogP contribution in [0, 0.1) is 0 Å². The molecule has 0 heterocycles. The summed E-state index contributed by atoms with van der Waals surface area (Å²) in [5, 5.41) is 0. The average Bonchev–Trinajstić information content (AvgIpc) is 2.38. The molecule has 0 fully saturated rings. The fourth-order valence-electron chi connectivity index (χ4n) is 2.18. The van der Waals surface area contributed by atoms with Crippen LogP contribution in [0.5, 0.6) is 0 Å². The highest BCUT2D eigenvalue weighted by Crippen LogP contribution is 2.28. The summed E-state index contributed by atoms with van der Waals surface area (Å²) in [6.07, 6.45) is 10.3. The van der Waals surface area contributed by atoms with Crippen molar-refractivity contribution >= 4 is 0 Å². The van der Waals surface area contributed by atoms with E-state index in [9.17, 15) is 0 Å². The molecule has 1 unspecified atom stereocenters. The predicted octanol–water partition coefficient (Wildman–Crippen LogP) is 5.48. The first kappa shape index (κ1) is 13.8. The van der Waals surface area contributed by atoms with Crippen molar-refractivity contribution in [1.82, 2.24) is 0 Å². The van der Waals surface area contributed by atoms with Crippen LogP contribution in [-0.2, 0) is 0 Å². The van der Waals surface area contributed by atoms with E-state index < -0.39 is 0 Å². The Hall–Kier alpha value is -1.30. The zero-order chi connectivity index (χ0) is 12.5. The predicted molar refractivity (Wildman–Crippen MR) is 77.3 cm³/mol. The number of unbranched alkanes of at least 4 members (excludes halogenated alkanes) is 1. The third-order valence-electron chi connectivity index (χ3n) is 3.04. The fourth-order valence-corrected chi connectivity index (χ4v) is 2.18. The Morgan fingerprint density at radius 3 is 2.41 bits per heavy atom. The second-order valence-corrected chi connectivity index (χ2v) is 4.36. The van der Waals surface area contributed by atoms with Gasteiger partial charge >= 0.3 is 0 Å². The van der Waals surface area contributed by atoms with E-state index in [-0.39, 0.29) is 0 Å². The van der Waals surface area contributed by atoms with E-state index >= 15 is 0 Å². The average molecular weight is 228 g/mol. The first-order valence-electron chi connectivity index (χ1n) is 6.71. The van der Waals surface area contributed by atoms with Crippen LogP contribution in [-0.4, -0.2) is 0 Å². The second kappa shape index (κ2) is 7.89. The summed E-state index contributed by atoms with van der Waals surface area (Å²) in [6.45, 7) is 6.59. The quantitative estimate of drug-likeness (QED) is 0.565. The number of hydrogen-bond acceptors (Lipinski definition) is 0. The van der Waals surface area contributed by atoms with Crippen LogP contribution >= 0.6 is 0 Å². The Morgan fingerprint density at radius 1 is 1.18 bits per heavy atom. The summed E-state index contributed by atoms with van der Waals surface area (Å²) in [6, 6.07) is 10.8. The Bertz CT molecular complexity index is 357. The van der Waals surface area contributed by atoms with Crippen LogP contribution in [0.15, 0.2) is 54.1 Å². The fraction of sp³-hybridized carbons (Fsp3) is 0.412. The highest BCUT2D eigenvalue weighted by Gasteiger charge is 2.11. The van der Waals surface area contributed by atoms with Crippen LogP contribution in [0.1, 0.15) is 51.5 Å². The molecule has 0 nitrogen and oxygen atoms in total. The highest BCUT2D eigenvalue weighted by molar-refractivity contribution is 5.34. The lowest BCUT2D eigenvalue weighted by molar-refractivity contribution is 0.767. The van der Waals surface area contributed by atoms with Gasteiger partial charge in [-0.3, -0.25) is 0 Å². The van der Waals surface area contributed by atoms with Crippen LogP contribution in [0.25, 0.3) is 0 Å². The normalized spacial score (nSPS) is 14.2. The molecule has 17 heavy (non-hydrogen) atoms. The summed E-state index contributed by atoms with van der Waals surface area (Å²) < 4.78 is 0. The molecular formula is C17H24. The van der Waals surface area contributed by atoms with Crippen LogP contribution in [0.2, 0.25) is 0 Å². The molecule has 1 aromatic rings. The summed E-state index contributed by atoms with van der Waals surface area (Å²) in [4.78, 5) is 0. The van der Waals surface area contributed by atoms with Gasteiger partial charge in [-0.1, -0.05) is 68.8 Å². The number of allylic oxidation sites excluding steroid dienone is 4. The first-order valence-corrected chi connectivity index (χ1v) is 6.71. The summed E-state index contributed by atoms with van der Waals surface area (Å²) >= 11 is 0. The Balaban J connectivity index is 2.97. The van der Waals surface area contributed by atoms with Gasteiger partial charge in [0, 0.05) is 5.92 Å². The van der Waals surface area contributed by atoms with Gasteiger partial charge in [0.1, 0.15) is 0 Å². The Labute approximate surface area is 106 Å². The largest absolute Gasteiger partial charge is 0.0874 e. The smallest absolute Gasteiger partial charge is 0.00834 e. The van der Waals surface area contributed by atoms with Gasteiger partial charge in [-0.05, 0) is 30.9 Å². The van der Waals surface area contributed by atoms with Crippen molar-refractivity contribution in [3.05, 3.63) is 59.7 Å². The molecular weight excluding hydrogens is 204 g/mol. The lowest BCUT2D eigenvalue weighted by Gasteiger charge is -2.17. The van der Waals surface area contributed by atoms with Crippen molar-refractivity contribution in [1.29, 1.82) is 0 Å². The maximum absolute atomic E-state index is 2.39. The van der Waals surface area contributed by atoms with E-state index in [4.69, 9.17) is 0 Å². The van der Waals surface area contributed by atoms with E-state index in [0.29, 0.717) is 5.92 Å². The molecule has 92 valence electrons. The molecule has 0 amide bonds.